The number of hydrogen-bond donors (Lipinski definition) is 0. The fourth-order valence-corrected chi connectivity index (χ4v) is 1.97. The number of halogens is 4. The van der Waals surface area contributed by atoms with Gasteiger partial charge in [-0.3, -0.25) is 4.79 Å². The number of imidazole rings is 1. The van der Waals surface area contributed by atoms with Gasteiger partial charge in [-0.15, -0.1) is 0 Å². The van der Waals surface area contributed by atoms with Crippen molar-refractivity contribution in [3.05, 3.63) is 28.5 Å². The molecule has 0 spiro atoms. The molecule has 1 heterocycles. The Hall–Kier alpha value is -1.37. The number of ketones is 1. The Kier molecular flexibility index (Phi) is 3.18. The Morgan fingerprint density at radius 1 is 1.44 bits per heavy atom. The maximum Gasteiger partial charge on any atom is 0.450 e. The molecule has 0 bridgehead atoms. The van der Waals surface area contributed by atoms with Crippen molar-refractivity contribution in [2.75, 3.05) is 0 Å². The summed E-state index contributed by atoms with van der Waals surface area (Å²) in [7, 11) is 1.59. The van der Waals surface area contributed by atoms with Crippen molar-refractivity contribution >= 4 is 32.7 Å². The molecule has 2 rings (SSSR count). The number of rotatable bonds is 2. The summed E-state index contributed by atoms with van der Waals surface area (Å²) in [6.45, 7) is 0. The predicted octanol–water partition coefficient (Wildman–Crippen LogP) is 3.01. The minimum atomic E-state index is -4.82. The van der Waals surface area contributed by atoms with Gasteiger partial charge in [-0.1, -0.05) is 15.9 Å². The maximum atomic E-state index is 12.2. The summed E-state index contributed by atoms with van der Waals surface area (Å²) >= 11 is 3.25. The number of carbonyl (C=O) groups excluding carboxylic acids is 1. The highest BCUT2D eigenvalue weighted by molar-refractivity contribution is 9.10. The third-order valence-electron chi connectivity index (χ3n) is 2.57. The molecule has 0 aliphatic heterocycles. The zero-order valence-corrected chi connectivity index (χ0v) is 10.8. The van der Waals surface area contributed by atoms with E-state index >= 15 is 0 Å². The highest BCUT2D eigenvalue weighted by Gasteiger charge is 2.38. The zero-order chi connectivity index (χ0) is 13.5. The number of nitrogens with zero attached hydrogens (tertiary/aromatic N) is 2. The van der Waals surface area contributed by atoms with Gasteiger partial charge in [0.25, 0.3) is 0 Å². The summed E-state index contributed by atoms with van der Waals surface area (Å²) in [5.41, 5.74) is 1.24. The number of aromatic nitrogens is 2. The van der Waals surface area contributed by atoms with Crippen LogP contribution in [-0.2, 0) is 18.3 Å². The molecule has 0 unspecified atom stereocenters. The van der Waals surface area contributed by atoms with E-state index < -0.39 is 18.4 Å². The van der Waals surface area contributed by atoms with Gasteiger partial charge in [0, 0.05) is 11.5 Å². The molecule has 0 atom stereocenters. The van der Waals surface area contributed by atoms with Crippen LogP contribution in [0.3, 0.4) is 0 Å². The summed E-state index contributed by atoms with van der Waals surface area (Å²) in [5.74, 6) is -1.69. The fourth-order valence-electron chi connectivity index (χ4n) is 1.62. The lowest BCUT2D eigenvalue weighted by Crippen LogP contribution is -2.25. The molecule has 2 aromatic rings. The lowest BCUT2D eigenvalue weighted by Gasteiger charge is -2.05. The first-order valence-electron chi connectivity index (χ1n) is 5.00. The van der Waals surface area contributed by atoms with E-state index in [1.807, 2.05) is 0 Å². The van der Waals surface area contributed by atoms with Crippen LogP contribution >= 0.6 is 15.9 Å². The van der Waals surface area contributed by atoms with Gasteiger partial charge in [-0.25, -0.2) is 4.98 Å². The molecule has 0 N–H and O–H groups in total. The predicted molar refractivity (Wildman–Crippen MR) is 63.2 cm³/mol. The van der Waals surface area contributed by atoms with Crippen molar-refractivity contribution in [2.24, 2.45) is 7.05 Å². The second-order valence-corrected chi connectivity index (χ2v) is 4.73. The van der Waals surface area contributed by atoms with Gasteiger partial charge in [-0.2, -0.15) is 13.2 Å². The molecule has 1 aromatic carbocycles. The average Bonchev–Trinajstić information content (AvgIpc) is 2.54. The van der Waals surface area contributed by atoms with E-state index in [-0.39, 0.29) is 5.82 Å². The van der Waals surface area contributed by atoms with Crippen molar-refractivity contribution in [3.63, 3.8) is 0 Å². The average molecular weight is 321 g/mol. The summed E-state index contributed by atoms with van der Waals surface area (Å²) in [4.78, 5) is 15.0. The maximum absolute atomic E-state index is 12.2. The number of aryl methyl sites for hydroxylation is 1. The van der Waals surface area contributed by atoms with Gasteiger partial charge in [0.15, 0.2) is 0 Å². The number of alkyl halides is 3. The topological polar surface area (TPSA) is 34.9 Å². The van der Waals surface area contributed by atoms with Crippen LogP contribution in [0.4, 0.5) is 13.2 Å². The van der Waals surface area contributed by atoms with Gasteiger partial charge < -0.3 is 4.57 Å². The van der Waals surface area contributed by atoms with Crippen molar-refractivity contribution < 1.29 is 18.0 Å². The van der Waals surface area contributed by atoms with Gasteiger partial charge in [0.1, 0.15) is 5.82 Å². The van der Waals surface area contributed by atoms with Crippen molar-refractivity contribution in [1.29, 1.82) is 0 Å². The summed E-state index contributed by atoms with van der Waals surface area (Å²) in [6.07, 6.45) is -5.56. The second-order valence-electron chi connectivity index (χ2n) is 3.82. The molecule has 0 aliphatic carbocycles. The van der Waals surface area contributed by atoms with E-state index in [0.29, 0.717) is 11.0 Å². The van der Waals surface area contributed by atoms with Gasteiger partial charge in [-0.05, 0) is 18.2 Å². The highest BCUT2D eigenvalue weighted by Crippen LogP contribution is 2.22. The van der Waals surface area contributed by atoms with Crippen LogP contribution in [0.25, 0.3) is 11.0 Å². The number of carbonyl (C=O) groups is 1. The number of fused-ring (bicyclic) bond motifs is 1. The highest BCUT2D eigenvalue weighted by atomic mass is 79.9. The Labute approximate surface area is 109 Å². The van der Waals surface area contributed by atoms with Crippen molar-refractivity contribution in [3.8, 4) is 0 Å². The third kappa shape index (κ3) is 2.40. The Morgan fingerprint density at radius 2 is 2.11 bits per heavy atom. The molecule has 0 saturated carbocycles. The number of benzene rings is 1. The van der Waals surface area contributed by atoms with Gasteiger partial charge in [0.05, 0.1) is 17.5 Å². The molecule has 3 nitrogen and oxygen atoms in total. The van der Waals surface area contributed by atoms with E-state index in [4.69, 9.17) is 0 Å². The van der Waals surface area contributed by atoms with Crippen LogP contribution in [0.2, 0.25) is 0 Å². The molecular weight excluding hydrogens is 313 g/mol. The molecule has 0 radical (unpaired) electrons. The van der Waals surface area contributed by atoms with E-state index in [2.05, 4.69) is 20.9 Å². The molecule has 1 aromatic heterocycles. The second kappa shape index (κ2) is 4.38. The first-order valence-corrected chi connectivity index (χ1v) is 5.79. The molecule has 96 valence electrons. The number of Topliss-reactive ketones (excluding diaryl/α,β-unsaturated/α-hetero) is 1. The Morgan fingerprint density at radius 3 is 2.72 bits per heavy atom. The first kappa shape index (κ1) is 13.1. The Bertz CT molecular complexity index is 619. The van der Waals surface area contributed by atoms with Crippen LogP contribution < -0.4 is 0 Å². The number of hydrogen-bond acceptors (Lipinski definition) is 2. The molecule has 0 fully saturated rings. The lowest BCUT2D eigenvalue weighted by molar-refractivity contribution is -0.170. The third-order valence-corrected chi connectivity index (χ3v) is 3.06. The summed E-state index contributed by atoms with van der Waals surface area (Å²) in [6, 6.07) is 5.18. The van der Waals surface area contributed by atoms with Crippen LogP contribution in [0.1, 0.15) is 5.82 Å². The SMILES string of the molecule is Cn1c(CC(=O)C(F)(F)F)nc2cc(Br)ccc21. The van der Waals surface area contributed by atoms with Crippen molar-refractivity contribution in [2.45, 2.75) is 12.6 Å². The lowest BCUT2D eigenvalue weighted by atomic mass is 10.2. The van der Waals surface area contributed by atoms with Crippen LogP contribution in [0, 0.1) is 0 Å². The van der Waals surface area contributed by atoms with E-state index in [1.165, 1.54) is 4.57 Å². The molecular formula is C11H8BrF3N2O. The molecule has 0 saturated heterocycles. The smallest absolute Gasteiger partial charge is 0.331 e. The first-order chi connectivity index (χ1) is 8.29. The standard InChI is InChI=1S/C11H8BrF3N2O/c1-17-8-3-2-6(12)4-7(8)16-10(17)5-9(18)11(13,14)15/h2-4H,5H2,1H3. The molecule has 18 heavy (non-hydrogen) atoms. The zero-order valence-electron chi connectivity index (χ0n) is 9.25. The van der Waals surface area contributed by atoms with Crippen LogP contribution in [-0.4, -0.2) is 21.5 Å². The molecule has 0 amide bonds. The van der Waals surface area contributed by atoms with E-state index in [9.17, 15) is 18.0 Å². The Balaban J connectivity index is 2.41. The fraction of sp³-hybridized carbons (Fsp3) is 0.273. The normalized spacial score (nSPS) is 12.1. The summed E-state index contributed by atoms with van der Waals surface area (Å²) in [5, 5.41) is 0. The molecule has 0 aliphatic rings. The van der Waals surface area contributed by atoms with Crippen LogP contribution in [0.5, 0.6) is 0 Å². The monoisotopic (exact) mass is 320 g/mol. The minimum absolute atomic E-state index is 0.102. The van der Waals surface area contributed by atoms with E-state index in [1.54, 1.807) is 25.2 Å². The van der Waals surface area contributed by atoms with Crippen molar-refractivity contribution in [1.82, 2.24) is 9.55 Å². The quantitative estimate of drug-likeness (QED) is 0.852. The minimum Gasteiger partial charge on any atom is -0.331 e. The summed E-state index contributed by atoms with van der Waals surface area (Å²) < 4.78 is 38.8. The van der Waals surface area contributed by atoms with Gasteiger partial charge in [0.2, 0.25) is 5.78 Å². The largest absolute Gasteiger partial charge is 0.450 e. The van der Waals surface area contributed by atoms with E-state index in [0.717, 1.165) is 4.47 Å². The van der Waals surface area contributed by atoms with Crippen LogP contribution in [0.15, 0.2) is 22.7 Å². The molecule has 7 heteroatoms. The van der Waals surface area contributed by atoms with Gasteiger partial charge >= 0.3 is 6.18 Å².